The monoisotopic (exact) mass is 353 g/mol. The van der Waals surface area contributed by atoms with E-state index in [-0.39, 0.29) is 16.4 Å². The Morgan fingerprint density at radius 3 is 2.46 bits per heavy atom. The minimum absolute atomic E-state index is 0.155. The number of hydrogen-bond acceptors (Lipinski definition) is 4. The third-order valence-corrected chi connectivity index (χ3v) is 5.92. The second-order valence-corrected chi connectivity index (χ2v) is 9.23. The summed E-state index contributed by atoms with van der Waals surface area (Å²) in [7, 11) is -3.59. The van der Waals surface area contributed by atoms with Crippen molar-refractivity contribution >= 4 is 16.0 Å². The number of hydrogen-bond donors (Lipinski definition) is 0. The first-order valence-corrected chi connectivity index (χ1v) is 9.91. The summed E-state index contributed by atoms with van der Waals surface area (Å²) in [5.74, 6) is 0.420. The normalized spacial score (nSPS) is 22.5. The molecule has 0 amide bonds. The molecule has 6 heteroatoms. The zero-order chi connectivity index (χ0) is 17.9. The fourth-order valence-electron chi connectivity index (χ4n) is 3.06. The minimum atomic E-state index is -3.59. The van der Waals surface area contributed by atoms with Crippen LogP contribution in [0, 0.1) is 17.8 Å². The van der Waals surface area contributed by atoms with E-state index < -0.39 is 16.0 Å². The van der Waals surface area contributed by atoms with Gasteiger partial charge < -0.3 is 4.74 Å². The van der Waals surface area contributed by atoms with Gasteiger partial charge in [-0.15, -0.1) is 0 Å². The Morgan fingerprint density at radius 2 is 1.88 bits per heavy atom. The lowest BCUT2D eigenvalue weighted by atomic mass is 9.94. The second kappa shape index (κ2) is 7.66. The van der Waals surface area contributed by atoms with E-state index in [1.54, 1.807) is 18.2 Å². The zero-order valence-corrected chi connectivity index (χ0v) is 15.7. The molecule has 2 atom stereocenters. The average Bonchev–Trinajstić information content (AvgIpc) is 2.51. The van der Waals surface area contributed by atoms with Crippen LogP contribution in [-0.2, 0) is 14.8 Å². The van der Waals surface area contributed by atoms with E-state index in [4.69, 9.17) is 4.74 Å². The molecule has 1 saturated heterocycles. The molecule has 1 aliphatic rings. The van der Waals surface area contributed by atoms with Gasteiger partial charge in [-0.25, -0.2) is 13.2 Å². The molecule has 134 valence electrons. The Morgan fingerprint density at radius 1 is 1.25 bits per heavy atom. The summed E-state index contributed by atoms with van der Waals surface area (Å²) in [6.07, 6.45) is 1.04. The van der Waals surface area contributed by atoms with E-state index in [1.807, 2.05) is 13.8 Å². The Labute approximate surface area is 145 Å². The van der Waals surface area contributed by atoms with E-state index in [2.05, 4.69) is 13.8 Å². The molecule has 0 bridgehead atoms. The van der Waals surface area contributed by atoms with Gasteiger partial charge in [0.05, 0.1) is 17.1 Å². The molecule has 1 aliphatic heterocycles. The summed E-state index contributed by atoms with van der Waals surface area (Å²) in [6, 6.07) is 6.14. The van der Waals surface area contributed by atoms with E-state index >= 15 is 0 Å². The highest BCUT2D eigenvalue weighted by Gasteiger charge is 2.32. The minimum Gasteiger partial charge on any atom is -0.462 e. The summed E-state index contributed by atoms with van der Waals surface area (Å²) in [5.41, 5.74) is 0.273. The van der Waals surface area contributed by atoms with Crippen LogP contribution in [0.5, 0.6) is 0 Å². The van der Waals surface area contributed by atoms with Crippen LogP contribution >= 0.6 is 0 Å². The molecule has 0 spiro atoms. The van der Waals surface area contributed by atoms with Gasteiger partial charge in [-0.1, -0.05) is 33.8 Å². The van der Waals surface area contributed by atoms with Crippen molar-refractivity contribution in [3.63, 3.8) is 0 Å². The number of ether oxygens (including phenoxy) is 1. The summed E-state index contributed by atoms with van der Waals surface area (Å²) in [5, 5.41) is 0. The van der Waals surface area contributed by atoms with Crippen molar-refractivity contribution in [2.45, 2.75) is 39.0 Å². The molecule has 5 nitrogen and oxygen atoms in total. The highest BCUT2D eigenvalue weighted by molar-refractivity contribution is 7.89. The molecule has 0 aromatic heterocycles. The lowest BCUT2D eigenvalue weighted by Gasteiger charge is -2.34. The SMILES string of the molecule is CC(C)COC(=O)c1cccc(S(=O)(=O)N2CC(C)CC(C)C2)c1. The number of nitrogens with zero attached hydrogens (tertiary/aromatic N) is 1. The van der Waals surface area contributed by atoms with Gasteiger partial charge in [0.25, 0.3) is 0 Å². The van der Waals surface area contributed by atoms with Crippen LogP contribution in [0.15, 0.2) is 29.2 Å². The van der Waals surface area contributed by atoms with Crippen LogP contribution in [0.25, 0.3) is 0 Å². The van der Waals surface area contributed by atoms with Crippen LogP contribution < -0.4 is 0 Å². The Balaban J connectivity index is 2.22. The molecule has 24 heavy (non-hydrogen) atoms. The molecule has 0 aliphatic carbocycles. The maximum atomic E-state index is 12.9. The molecule has 1 heterocycles. The Kier molecular flexibility index (Phi) is 6.04. The summed E-state index contributed by atoms with van der Waals surface area (Å²) < 4.78 is 32.5. The maximum Gasteiger partial charge on any atom is 0.338 e. The number of carbonyl (C=O) groups is 1. The smallest absolute Gasteiger partial charge is 0.338 e. The lowest BCUT2D eigenvalue weighted by molar-refractivity contribution is 0.0458. The fourth-order valence-corrected chi connectivity index (χ4v) is 4.79. The van der Waals surface area contributed by atoms with Gasteiger partial charge in [-0.2, -0.15) is 4.31 Å². The number of sulfonamides is 1. The van der Waals surface area contributed by atoms with Crippen LogP contribution in [0.1, 0.15) is 44.5 Å². The molecule has 1 aromatic carbocycles. The van der Waals surface area contributed by atoms with Crippen LogP contribution in [0.3, 0.4) is 0 Å². The zero-order valence-electron chi connectivity index (χ0n) is 14.9. The number of piperidine rings is 1. The van der Waals surface area contributed by atoms with Crippen LogP contribution in [-0.4, -0.2) is 38.4 Å². The van der Waals surface area contributed by atoms with Crippen LogP contribution in [0.2, 0.25) is 0 Å². The topological polar surface area (TPSA) is 63.7 Å². The van der Waals surface area contributed by atoms with Crippen molar-refractivity contribution in [1.82, 2.24) is 4.31 Å². The Bertz CT molecular complexity index is 674. The average molecular weight is 353 g/mol. The molecule has 0 saturated carbocycles. The third-order valence-electron chi connectivity index (χ3n) is 4.09. The van der Waals surface area contributed by atoms with Crippen molar-refractivity contribution in [2.24, 2.45) is 17.8 Å². The summed E-state index contributed by atoms with van der Waals surface area (Å²) in [6.45, 7) is 9.40. The van der Waals surface area contributed by atoms with E-state index in [0.29, 0.717) is 31.5 Å². The quantitative estimate of drug-likeness (QED) is 0.763. The Hall–Kier alpha value is -1.40. The largest absolute Gasteiger partial charge is 0.462 e. The first-order valence-electron chi connectivity index (χ1n) is 8.47. The first kappa shape index (κ1) is 18.9. The molecule has 1 aromatic rings. The van der Waals surface area contributed by atoms with Crippen molar-refractivity contribution < 1.29 is 17.9 Å². The number of carbonyl (C=O) groups excluding carboxylic acids is 1. The van der Waals surface area contributed by atoms with Crippen molar-refractivity contribution in [1.29, 1.82) is 0 Å². The number of rotatable bonds is 5. The predicted molar refractivity (Wildman–Crippen MR) is 93.3 cm³/mol. The van der Waals surface area contributed by atoms with Gasteiger partial charge in [-0.3, -0.25) is 0 Å². The molecular weight excluding hydrogens is 326 g/mol. The van der Waals surface area contributed by atoms with E-state index in [0.717, 1.165) is 6.42 Å². The molecule has 0 radical (unpaired) electrons. The molecule has 1 fully saturated rings. The molecule has 0 N–H and O–H groups in total. The maximum absolute atomic E-state index is 12.9. The lowest BCUT2D eigenvalue weighted by Crippen LogP contribution is -2.42. The number of esters is 1. The fraction of sp³-hybridized carbons (Fsp3) is 0.611. The molecule has 2 unspecified atom stereocenters. The standard InChI is InChI=1S/C18H27NO4S/c1-13(2)12-23-18(20)16-6-5-7-17(9-16)24(21,22)19-10-14(3)8-15(4)11-19/h5-7,9,13-15H,8,10-12H2,1-4H3. The second-order valence-electron chi connectivity index (χ2n) is 7.29. The molecular formula is C18H27NO4S. The highest BCUT2D eigenvalue weighted by atomic mass is 32.2. The molecule has 2 rings (SSSR count). The van der Waals surface area contributed by atoms with E-state index in [9.17, 15) is 13.2 Å². The van der Waals surface area contributed by atoms with Crippen LogP contribution in [0.4, 0.5) is 0 Å². The van der Waals surface area contributed by atoms with Gasteiger partial charge in [0.1, 0.15) is 0 Å². The van der Waals surface area contributed by atoms with Gasteiger partial charge in [0.15, 0.2) is 0 Å². The van der Waals surface area contributed by atoms with Crippen molar-refractivity contribution in [3.8, 4) is 0 Å². The van der Waals surface area contributed by atoms with Gasteiger partial charge in [0, 0.05) is 13.1 Å². The van der Waals surface area contributed by atoms with Gasteiger partial charge in [-0.05, 0) is 42.4 Å². The van der Waals surface area contributed by atoms with Gasteiger partial charge >= 0.3 is 5.97 Å². The highest BCUT2D eigenvalue weighted by Crippen LogP contribution is 2.27. The predicted octanol–water partition coefficient (Wildman–Crippen LogP) is 3.17. The van der Waals surface area contributed by atoms with Gasteiger partial charge in [0.2, 0.25) is 10.0 Å². The third kappa shape index (κ3) is 4.57. The number of benzene rings is 1. The summed E-state index contributed by atoms with van der Waals surface area (Å²) in [4.78, 5) is 12.2. The van der Waals surface area contributed by atoms with Crippen molar-refractivity contribution in [2.75, 3.05) is 19.7 Å². The first-order chi connectivity index (χ1) is 11.2. The van der Waals surface area contributed by atoms with E-state index in [1.165, 1.54) is 10.4 Å². The summed E-state index contributed by atoms with van der Waals surface area (Å²) >= 11 is 0. The van der Waals surface area contributed by atoms with Crippen molar-refractivity contribution in [3.05, 3.63) is 29.8 Å².